The Morgan fingerprint density at radius 1 is 0.714 bits per heavy atom. The standard InChI is InChI=1S/C28H22N4O3/c1-31-25-23(27(34)32(2)28(31)35)22(21-19-10-6-7-11-20(19)29-26(21)33)24(30-25)18-14-12-17(13-15-18)16-8-4-3-5-9-16/h3-15,21,30H,1-2H3,(H,29,33). The van der Waals surface area contributed by atoms with Gasteiger partial charge < -0.3 is 10.3 Å². The van der Waals surface area contributed by atoms with Crippen molar-refractivity contribution in [3.63, 3.8) is 0 Å². The van der Waals surface area contributed by atoms with Crippen molar-refractivity contribution < 1.29 is 4.79 Å². The first kappa shape index (κ1) is 20.9. The van der Waals surface area contributed by atoms with Crippen molar-refractivity contribution in [2.75, 3.05) is 5.32 Å². The number of benzene rings is 3. The molecule has 6 rings (SSSR count). The van der Waals surface area contributed by atoms with Gasteiger partial charge in [-0.2, -0.15) is 0 Å². The molecule has 1 amide bonds. The Balaban J connectivity index is 1.64. The highest BCUT2D eigenvalue weighted by molar-refractivity contribution is 6.09. The van der Waals surface area contributed by atoms with Gasteiger partial charge in [-0.3, -0.25) is 18.7 Å². The zero-order valence-electron chi connectivity index (χ0n) is 19.2. The van der Waals surface area contributed by atoms with Crippen molar-refractivity contribution >= 4 is 22.6 Å². The smallest absolute Gasteiger partial charge is 0.332 e. The lowest BCUT2D eigenvalue weighted by Gasteiger charge is -2.12. The van der Waals surface area contributed by atoms with Crippen LogP contribution in [0.4, 0.5) is 5.69 Å². The van der Waals surface area contributed by atoms with E-state index >= 15 is 0 Å². The van der Waals surface area contributed by atoms with E-state index in [4.69, 9.17) is 0 Å². The predicted molar refractivity (Wildman–Crippen MR) is 137 cm³/mol. The number of hydrogen-bond acceptors (Lipinski definition) is 3. The molecule has 1 atom stereocenters. The van der Waals surface area contributed by atoms with Gasteiger partial charge in [0.05, 0.1) is 17.0 Å². The molecular formula is C28H22N4O3. The molecular weight excluding hydrogens is 440 g/mol. The first-order chi connectivity index (χ1) is 17.0. The van der Waals surface area contributed by atoms with E-state index < -0.39 is 17.2 Å². The molecule has 0 aliphatic carbocycles. The average Bonchev–Trinajstić information content (AvgIpc) is 3.44. The molecule has 0 saturated carbocycles. The molecule has 2 N–H and O–H groups in total. The van der Waals surface area contributed by atoms with Crippen molar-refractivity contribution in [1.82, 2.24) is 14.1 Å². The number of carbonyl (C=O) groups is 1. The summed E-state index contributed by atoms with van der Waals surface area (Å²) in [6.45, 7) is 0. The Morgan fingerprint density at radius 2 is 1.34 bits per heavy atom. The summed E-state index contributed by atoms with van der Waals surface area (Å²) in [5, 5.41) is 3.28. The molecule has 35 heavy (non-hydrogen) atoms. The van der Waals surface area contributed by atoms with Gasteiger partial charge in [-0.05, 0) is 28.3 Å². The number of aromatic amines is 1. The summed E-state index contributed by atoms with van der Waals surface area (Å²) in [6, 6.07) is 25.5. The number of carbonyl (C=O) groups excluding carboxylic acids is 1. The number of fused-ring (bicyclic) bond motifs is 2. The second-order valence-electron chi connectivity index (χ2n) is 8.80. The van der Waals surface area contributed by atoms with Crippen molar-refractivity contribution in [2.24, 2.45) is 14.1 Å². The zero-order valence-corrected chi connectivity index (χ0v) is 19.2. The number of anilines is 1. The zero-order chi connectivity index (χ0) is 24.3. The molecule has 3 aromatic carbocycles. The number of aryl methyl sites for hydroxylation is 1. The highest BCUT2D eigenvalue weighted by Gasteiger charge is 2.37. The van der Waals surface area contributed by atoms with E-state index in [1.165, 1.54) is 11.6 Å². The van der Waals surface area contributed by atoms with Gasteiger partial charge in [-0.15, -0.1) is 0 Å². The number of H-pyrrole nitrogens is 1. The molecule has 0 spiro atoms. The number of rotatable bonds is 3. The molecule has 2 aromatic heterocycles. The Bertz CT molecular complexity index is 1740. The third-order valence-corrected chi connectivity index (χ3v) is 6.81. The molecule has 0 saturated heterocycles. The summed E-state index contributed by atoms with van der Waals surface area (Å²) in [6.07, 6.45) is 0. The fourth-order valence-electron chi connectivity index (χ4n) is 5.02. The van der Waals surface area contributed by atoms with Crippen LogP contribution in [0.5, 0.6) is 0 Å². The first-order valence-corrected chi connectivity index (χ1v) is 11.3. The summed E-state index contributed by atoms with van der Waals surface area (Å²) in [5.41, 5.74) is 5.25. The number of hydrogen-bond donors (Lipinski definition) is 2. The van der Waals surface area contributed by atoms with E-state index in [1.807, 2.05) is 78.9 Å². The van der Waals surface area contributed by atoms with E-state index in [9.17, 15) is 14.4 Å². The van der Waals surface area contributed by atoms with Crippen LogP contribution in [-0.4, -0.2) is 20.0 Å². The topological polar surface area (TPSA) is 88.9 Å². The fraction of sp³-hybridized carbons (Fsp3) is 0.107. The van der Waals surface area contributed by atoms with E-state index in [0.717, 1.165) is 32.5 Å². The third-order valence-electron chi connectivity index (χ3n) is 6.81. The van der Waals surface area contributed by atoms with E-state index in [2.05, 4.69) is 10.3 Å². The number of amides is 1. The van der Waals surface area contributed by atoms with Crippen LogP contribution in [0.2, 0.25) is 0 Å². The lowest BCUT2D eigenvalue weighted by molar-refractivity contribution is -0.116. The quantitative estimate of drug-likeness (QED) is 0.425. The lowest BCUT2D eigenvalue weighted by Crippen LogP contribution is -2.37. The Labute approximate surface area is 200 Å². The molecule has 1 unspecified atom stereocenters. The SMILES string of the molecule is Cn1c(=O)c2c(C3C(=O)Nc4ccccc43)c(-c3ccc(-c4ccccc4)cc3)[nH]c2n(C)c1=O. The Hall–Kier alpha value is -4.65. The van der Waals surface area contributed by atoms with Gasteiger partial charge in [0, 0.05) is 25.3 Å². The largest absolute Gasteiger partial charge is 0.340 e. The average molecular weight is 463 g/mol. The monoisotopic (exact) mass is 462 g/mol. The van der Waals surface area contributed by atoms with E-state index in [1.54, 1.807) is 7.05 Å². The molecule has 7 heteroatoms. The molecule has 0 bridgehead atoms. The maximum Gasteiger partial charge on any atom is 0.332 e. The minimum absolute atomic E-state index is 0.204. The molecule has 3 heterocycles. The fourth-order valence-corrected chi connectivity index (χ4v) is 5.02. The number of para-hydroxylation sites is 1. The predicted octanol–water partition coefficient (Wildman–Crippen LogP) is 3.98. The van der Waals surface area contributed by atoms with Crippen LogP contribution < -0.4 is 16.6 Å². The number of nitrogens with zero attached hydrogens (tertiary/aromatic N) is 2. The van der Waals surface area contributed by atoms with Crippen molar-refractivity contribution in [3.05, 3.63) is 111 Å². The molecule has 0 radical (unpaired) electrons. The van der Waals surface area contributed by atoms with Crippen molar-refractivity contribution in [2.45, 2.75) is 5.92 Å². The summed E-state index contributed by atoms with van der Waals surface area (Å²) in [7, 11) is 3.08. The van der Waals surface area contributed by atoms with Crippen molar-refractivity contribution in [1.29, 1.82) is 0 Å². The van der Waals surface area contributed by atoms with Crippen LogP contribution in [0.25, 0.3) is 33.4 Å². The minimum Gasteiger partial charge on any atom is -0.340 e. The molecule has 1 aliphatic rings. The van der Waals surface area contributed by atoms with Gasteiger partial charge in [0.15, 0.2) is 0 Å². The Morgan fingerprint density at radius 3 is 2.09 bits per heavy atom. The lowest BCUT2D eigenvalue weighted by atomic mass is 9.88. The van der Waals surface area contributed by atoms with Crippen LogP contribution in [-0.2, 0) is 18.9 Å². The molecule has 7 nitrogen and oxygen atoms in total. The van der Waals surface area contributed by atoms with E-state index in [0.29, 0.717) is 22.3 Å². The van der Waals surface area contributed by atoms with Crippen LogP contribution in [0.1, 0.15) is 17.0 Å². The molecule has 0 fully saturated rings. The van der Waals surface area contributed by atoms with Gasteiger partial charge in [0.25, 0.3) is 5.56 Å². The second kappa shape index (κ2) is 7.70. The van der Waals surface area contributed by atoms with Gasteiger partial charge in [0.1, 0.15) is 5.65 Å². The van der Waals surface area contributed by atoms with Gasteiger partial charge in [-0.25, -0.2) is 4.79 Å². The van der Waals surface area contributed by atoms with E-state index in [-0.39, 0.29) is 5.91 Å². The molecule has 5 aromatic rings. The van der Waals surface area contributed by atoms with Crippen LogP contribution in [0.15, 0.2) is 88.5 Å². The highest BCUT2D eigenvalue weighted by Crippen LogP contribution is 2.43. The normalized spacial score (nSPS) is 14.8. The summed E-state index contributed by atoms with van der Waals surface area (Å²) >= 11 is 0. The molecule has 1 aliphatic heterocycles. The van der Waals surface area contributed by atoms with Gasteiger partial charge in [0.2, 0.25) is 5.91 Å². The van der Waals surface area contributed by atoms with Crippen LogP contribution >= 0.6 is 0 Å². The number of aromatic nitrogens is 3. The first-order valence-electron chi connectivity index (χ1n) is 11.3. The highest BCUT2D eigenvalue weighted by atomic mass is 16.2. The number of nitrogens with one attached hydrogen (secondary N) is 2. The van der Waals surface area contributed by atoms with Crippen LogP contribution in [0, 0.1) is 0 Å². The summed E-state index contributed by atoms with van der Waals surface area (Å²) in [4.78, 5) is 42.6. The molecule has 172 valence electrons. The summed E-state index contributed by atoms with van der Waals surface area (Å²) in [5.74, 6) is -0.890. The van der Waals surface area contributed by atoms with Gasteiger partial charge >= 0.3 is 5.69 Å². The van der Waals surface area contributed by atoms with Crippen LogP contribution in [0.3, 0.4) is 0 Å². The second-order valence-corrected chi connectivity index (χ2v) is 8.80. The maximum absolute atomic E-state index is 13.4. The van der Waals surface area contributed by atoms with Gasteiger partial charge in [-0.1, -0.05) is 72.8 Å². The van der Waals surface area contributed by atoms with Crippen molar-refractivity contribution in [3.8, 4) is 22.4 Å². The maximum atomic E-state index is 13.4. The summed E-state index contributed by atoms with van der Waals surface area (Å²) < 4.78 is 2.50. The Kier molecular flexibility index (Phi) is 4.60. The minimum atomic E-state index is -0.686. The third kappa shape index (κ3) is 3.09.